The zero-order valence-electron chi connectivity index (χ0n) is 8.45. The van der Waals surface area contributed by atoms with E-state index in [-0.39, 0.29) is 0 Å². The van der Waals surface area contributed by atoms with E-state index in [0.717, 1.165) is 3.57 Å². The Labute approximate surface area is 102 Å². The molecule has 0 N–H and O–H groups in total. The van der Waals surface area contributed by atoms with E-state index in [2.05, 4.69) is 11.1 Å². The molecule has 0 saturated heterocycles. The van der Waals surface area contributed by atoms with E-state index in [1.165, 1.54) is 0 Å². The van der Waals surface area contributed by atoms with Crippen molar-refractivity contribution in [2.75, 3.05) is 0 Å². The number of ether oxygens (including phenoxy) is 1. The highest BCUT2D eigenvalue weighted by Gasteiger charge is 2.16. The molecule has 0 radical (unpaired) electrons. The van der Waals surface area contributed by atoms with E-state index in [4.69, 9.17) is 11.2 Å². The lowest BCUT2D eigenvalue weighted by Crippen LogP contribution is -2.25. The van der Waals surface area contributed by atoms with Gasteiger partial charge in [-0.1, -0.05) is 5.92 Å². The maximum absolute atomic E-state index is 10.5. The quantitative estimate of drug-likeness (QED) is 0.487. The largest absolute Gasteiger partial charge is 0.475 e. The summed E-state index contributed by atoms with van der Waals surface area (Å²) in [6, 6.07) is 5.10. The van der Waals surface area contributed by atoms with Crippen molar-refractivity contribution in [3.63, 3.8) is 0 Å². The number of hydrogen-bond donors (Lipinski definition) is 0. The van der Waals surface area contributed by atoms with Crippen LogP contribution in [0.5, 0.6) is 5.75 Å². The third-order valence-corrected chi connectivity index (χ3v) is 2.65. The fourth-order valence-corrected chi connectivity index (χ4v) is 1.38. The van der Waals surface area contributed by atoms with Crippen LogP contribution in [0.2, 0.25) is 0 Å². The summed E-state index contributed by atoms with van der Waals surface area (Å²) < 4.78 is 6.30. The summed E-state index contributed by atoms with van der Waals surface area (Å²) in [5.41, 5.74) is -0.326. The minimum atomic E-state index is -0.688. The molecule has 0 bridgehead atoms. The number of nitrogens with zero attached hydrogens (tertiary/aromatic N) is 1. The van der Waals surface area contributed by atoms with E-state index in [0.29, 0.717) is 11.4 Å². The van der Waals surface area contributed by atoms with Crippen LogP contribution in [0.4, 0.5) is 5.69 Å². The van der Waals surface area contributed by atoms with E-state index in [9.17, 15) is 4.91 Å². The highest BCUT2D eigenvalue weighted by molar-refractivity contribution is 14.1. The Kier molecular flexibility index (Phi) is 3.69. The summed E-state index contributed by atoms with van der Waals surface area (Å²) in [5.74, 6) is 3.06. The molecule has 0 atom stereocenters. The normalized spacial score (nSPS) is 10.5. The fourth-order valence-electron chi connectivity index (χ4n) is 0.950. The average Bonchev–Trinajstić information content (AvgIpc) is 2.20. The number of benzene rings is 1. The Morgan fingerprint density at radius 3 is 2.73 bits per heavy atom. The molecule has 0 amide bonds. The molecular formula is C11H10INO2. The van der Waals surface area contributed by atoms with Gasteiger partial charge in [0.1, 0.15) is 11.4 Å². The number of nitroso groups, excluding NO2 is 1. The molecule has 3 nitrogen and oxygen atoms in total. The summed E-state index contributed by atoms with van der Waals surface area (Å²) in [7, 11) is 0. The molecule has 1 rings (SSSR count). The van der Waals surface area contributed by atoms with Gasteiger partial charge in [0.15, 0.2) is 5.60 Å². The summed E-state index contributed by atoms with van der Waals surface area (Å²) in [5, 5.41) is 2.90. The average molecular weight is 315 g/mol. The molecular weight excluding hydrogens is 305 g/mol. The molecule has 1 aromatic rings. The van der Waals surface area contributed by atoms with Crippen LogP contribution in [0.1, 0.15) is 13.8 Å². The van der Waals surface area contributed by atoms with E-state index in [1.807, 2.05) is 22.6 Å². The van der Waals surface area contributed by atoms with Crippen molar-refractivity contribution in [3.8, 4) is 18.1 Å². The maximum atomic E-state index is 10.5. The number of rotatable bonds is 3. The van der Waals surface area contributed by atoms with Gasteiger partial charge in [0.05, 0.1) is 0 Å². The predicted molar refractivity (Wildman–Crippen MR) is 68.2 cm³/mol. The lowest BCUT2D eigenvalue weighted by Gasteiger charge is -2.20. The highest BCUT2D eigenvalue weighted by Crippen LogP contribution is 2.28. The smallest absolute Gasteiger partial charge is 0.163 e. The summed E-state index contributed by atoms with van der Waals surface area (Å²) in [6.07, 6.45) is 5.29. The molecule has 78 valence electrons. The first-order valence-electron chi connectivity index (χ1n) is 4.28. The van der Waals surface area contributed by atoms with Crippen molar-refractivity contribution in [1.29, 1.82) is 0 Å². The van der Waals surface area contributed by atoms with Gasteiger partial charge < -0.3 is 4.74 Å². The molecule has 0 unspecified atom stereocenters. The van der Waals surface area contributed by atoms with E-state index >= 15 is 0 Å². The van der Waals surface area contributed by atoms with Gasteiger partial charge in [-0.15, -0.1) is 11.3 Å². The molecule has 15 heavy (non-hydrogen) atoms. The Hall–Kier alpha value is -1.09. The molecule has 4 heteroatoms. The third-order valence-electron chi connectivity index (χ3n) is 1.74. The van der Waals surface area contributed by atoms with Gasteiger partial charge in [-0.2, -0.15) is 0 Å². The van der Waals surface area contributed by atoms with Crippen molar-refractivity contribution < 1.29 is 4.74 Å². The van der Waals surface area contributed by atoms with Gasteiger partial charge >= 0.3 is 0 Å². The highest BCUT2D eigenvalue weighted by atomic mass is 127. The number of hydrogen-bond acceptors (Lipinski definition) is 3. The first-order chi connectivity index (χ1) is 6.98. The second-order valence-electron chi connectivity index (χ2n) is 3.46. The van der Waals surface area contributed by atoms with Crippen molar-refractivity contribution in [1.82, 2.24) is 0 Å². The van der Waals surface area contributed by atoms with Crippen molar-refractivity contribution in [2.45, 2.75) is 19.4 Å². The summed E-state index contributed by atoms with van der Waals surface area (Å²) >= 11 is 2.03. The third kappa shape index (κ3) is 3.20. The van der Waals surface area contributed by atoms with Gasteiger partial charge in [-0.3, -0.25) is 0 Å². The molecule has 0 fully saturated rings. The summed E-state index contributed by atoms with van der Waals surface area (Å²) in [4.78, 5) is 10.5. The standard InChI is InChI=1S/C11H10INO2/c1-4-11(2,3)15-8-5-6-9(12)10(7-8)13-14/h1,5-7H,2-3H3. The van der Waals surface area contributed by atoms with Gasteiger partial charge in [-0.05, 0) is 53.7 Å². The van der Waals surface area contributed by atoms with Crippen LogP contribution in [0.25, 0.3) is 0 Å². The van der Waals surface area contributed by atoms with E-state index in [1.54, 1.807) is 32.0 Å². The predicted octanol–water partition coefficient (Wildman–Crippen LogP) is 3.48. The Morgan fingerprint density at radius 1 is 1.53 bits per heavy atom. The lowest BCUT2D eigenvalue weighted by molar-refractivity contribution is 0.172. The Morgan fingerprint density at radius 2 is 2.20 bits per heavy atom. The SMILES string of the molecule is C#CC(C)(C)Oc1ccc(I)c(N=O)c1. The zero-order valence-corrected chi connectivity index (χ0v) is 10.6. The fraction of sp³-hybridized carbons (Fsp3) is 0.273. The molecule has 0 aliphatic heterocycles. The summed E-state index contributed by atoms with van der Waals surface area (Å²) in [6.45, 7) is 3.55. The van der Waals surface area contributed by atoms with Crippen LogP contribution in [0.3, 0.4) is 0 Å². The monoisotopic (exact) mass is 315 g/mol. The zero-order chi connectivity index (χ0) is 11.5. The van der Waals surface area contributed by atoms with Crippen LogP contribution in [0, 0.1) is 20.8 Å². The minimum Gasteiger partial charge on any atom is -0.475 e. The second kappa shape index (κ2) is 4.62. The molecule has 0 spiro atoms. The Balaban J connectivity index is 2.99. The molecule has 0 heterocycles. The maximum Gasteiger partial charge on any atom is 0.163 e. The number of halogens is 1. The van der Waals surface area contributed by atoms with Crippen molar-refractivity contribution >= 4 is 28.3 Å². The molecule has 0 aliphatic carbocycles. The number of terminal acetylenes is 1. The van der Waals surface area contributed by atoms with E-state index < -0.39 is 5.60 Å². The molecule has 0 saturated carbocycles. The van der Waals surface area contributed by atoms with Crippen LogP contribution in [-0.2, 0) is 0 Å². The topological polar surface area (TPSA) is 38.7 Å². The second-order valence-corrected chi connectivity index (χ2v) is 4.62. The van der Waals surface area contributed by atoms with Gasteiger partial charge in [0, 0.05) is 9.64 Å². The van der Waals surface area contributed by atoms with Gasteiger partial charge in [0.25, 0.3) is 0 Å². The van der Waals surface area contributed by atoms with Crippen molar-refractivity contribution in [2.24, 2.45) is 5.18 Å². The molecule has 0 aromatic heterocycles. The molecule has 0 aliphatic rings. The first-order valence-corrected chi connectivity index (χ1v) is 5.36. The minimum absolute atomic E-state index is 0.362. The van der Waals surface area contributed by atoms with Crippen LogP contribution in [0.15, 0.2) is 23.4 Å². The molecule has 1 aromatic carbocycles. The Bertz CT molecular complexity index is 421. The van der Waals surface area contributed by atoms with Crippen LogP contribution < -0.4 is 4.74 Å². The van der Waals surface area contributed by atoms with Crippen LogP contribution in [-0.4, -0.2) is 5.60 Å². The lowest BCUT2D eigenvalue weighted by atomic mass is 10.1. The van der Waals surface area contributed by atoms with Crippen molar-refractivity contribution in [3.05, 3.63) is 26.7 Å². The van der Waals surface area contributed by atoms with Gasteiger partial charge in [0.2, 0.25) is 0 Å². The van der Waals surface area contributed by atoms with Gasteiger partial charge in [-0.25, -0.2) is 0 Å². The first kappa shape index (κ1) is 12.0. The van der Waals surface area contributed by atoms with Crippen LogP contribution >= 0.6 is 22.6 Å².